The molecule has 0 heterocycles. The first-order chi connectivity index (χ1) is 11.7. The maximum Gasteiger partial charge on any atom is 0.119 e. The summed E-state index contributed by atoms with van der Waals surface area (Å²) < 4.78 is 10.5. The first-order valence-corrected chi connectivity index (χ1v) is 8.15. The van der Waals surface area contributed by atoms with Crippen molar-refractivity contribution in [3.05, 3.63) is 66.2 Å². The molecule has 0 aliphatic heterocycles. The summed E-state index contributed by atoms with van der Waals surface area (Å²) in [6, 6.07) is 20.8. The number of hydrogen-bond acceptors (Lipinski definition) is 3. The number of anilines is 1. The van der Waals surface area contributed by atoms with E-state index in [0.717, 1.165) is 23.7 Å². The van der Waals surface area contributed by atoms with Crippen molar-refractivity contribution in [3.63, 3.8) is 0 Å². The van der Waals surface area contributed by atoms with Gasteiger partial charge in [-0.05, 0) is 58.7 Å². The third-order valence-electron chi connectivity index (χ3n) is 4.34. The fourth-order valence-corrected chi connectivity index (χ4v) is 2.77. The monoisotopic (exact) mass is 321 g/mol. The van der Waals surface area contributed by atoms with Crippen LogP contribution < -0.4 is 14.8 Å². The first-order valence-electron chi connectivity index (χ1n) is 8.15. The quantitative estimate of drug-likeness (QED) is 0.687. The molecule has 1 N–H and O–H groups in total. The summed E-state index contributed by atoms with van der Waals surface area (Å²) in [5.41, 5.74) is 2.43. The summed E-state index contributed by atoms with van der Waals surface area (Å²) in [5.74, 6) is 2.18. The van der Waals surface area contributed by atoms with Crippen molar-refractivity contribution in [1.29, 1.82) is 0 Å². The van der Waals surface area contributed by atoms with Crippen LogP contribution in [0.15, 0.2) is 60.7 Å². The van der Waals surface area contributed by atoms with E-state index in [1.165, 1.54) is 16.3 Å². The standard InChI is InChI=1S/C21H23NO2/c1-15(14-22-19-7-10-20(23-2)11-8-19)16-4-5-18-13-21(24-3)9-6-17(18)12-16/h4-13,15,22H,14H2,1-3H3. The maximum absolute atomic E-state index is 5.29. The third kappa shape index (κ3) is 3.62. The molecule has 0 aliphatic rings. The Morgan fingerprint density at radius 2 is 1.42 bits per heavy atom. The zero-order valence-corrected chi connectivity index (χ0v) is 14.4. The van der Waals surface area contributed by atoms with Crippen LogP contribution in [0.3, 0.4) is 0 Å². The van der Waals surface area contributed by atoms with Gasteiger partial charge in [0.15, 0.2) is 0 Å². The molecule has 24 heavy (non-hydrogen) atoms. The molecule has 0 aromatic heterocycles. The highest BCUT2D eigenvalue weighted by atomic mass is 16.5. The molecule has 1 atom stereocenters. The number of rotatable bonds is 6. The van der Waals surface area contributed by atoms with Gasteiger partial charge in [-0.15, -0.1) is 0 Å². The predicted octanol–water partition coefficient (Wildman–Crippen LogP) is 5.07. The Morgan fingerprint density at radius 1 is 0.792 bits per heavy atom. The van der Waals surface area contributed by atoms with Gasteiger partial charge in [0.2, 0.25) is 0 Å². The van der Waals surface area contributed by atoms with Gasteiger partial charge in [0, 0.05) is 12.2 Å². The zero-order chi connectivity index (χ0) is 16.9. The first kappa shape index (κ1) is 16.2. The normalized spacial score (nSPS) is 12.0. The zero-order valence-electron chi connectivity index (χ0n) is 14.4. The molecule has 0 amide bonds. The number of benzene rings is 3. The van der Waals surface area contributed by atoms with Gasteiger partial charge in [0.1, 0.15) is 11.5 Å². The van der Waals surface area contributed by atoms with Gasteiger partial charge >= 0.3 is 0 Å². The average molecular weight is 321 g/mol. The van der Waals surface area contributed by atoms with E-state index in [1.54, 1.807) is 14.2 Å². The lowest BCUT2D eigenvalue weighted by atomic mass is 9.97. The SMILES string of the molecule is COc1ccc(NCC(C)c2ccc3cc(OC)ccc3c2)cc1. The van der Waals surface area contributed by atoms with Crippen molar-refractivity contribution in [2.24, 2.45) is 0 Å². The number of methoxy groups -OCH3 is 2. The van der Waals surface area contributed by atoms with Crippen molar-refractivity contribution in [2.45, 2.75) is 12.8 Å². The number of fused-ring (bicyclic) bond motifs is 1. The molecule has 0 aliphatic carbocycles. The molecule has 0 fully saturated rings. The summed E-state index contributed by atoms with van der Waals surface area (Å²) >= 11 is 0. The van der Waals surface area contributed by atoms with Crippen LogP contribution in [0.25, 0.3) is 10.8 Å². The van der Waals surface area contributed by atoms with Crippen LogP contribution in [0, 0.1) is 0 Å². The maximum atomic E-state index is 5.29. The van der Waals surface area contributed by atoms with E-state index in [9.17, 15) is 0 Å². The van der Waals surface area contributed by atoms with Crippen molar-refractivity contribution < 1.29 is 9.47 Å². The molecule has 3 aromatic rings. The van der Waals surface area contributed by atoms with Crippen LogP contribution in [0.5, 0.6) is 11.5 Å². The van der Waals surface area contributed by atoms with Gasteiger partial charge in [0.25, 0.3) is 0 Å². The molecule has 3 rings (SSSR count). The topological polar surface area (TPSA) is 30.5 Å². The van der Waals surface area contributed by atoms with E-state index in [-0.39, 0.29) is 0 Å². The van der Waals surface area contributed by atoms with Crippen molar-refractivity contribution in [2.75, 3.05) is 26.1 Å². The minimum absolute atomic E-state index is 0.415. The molecule has 0 spiro atoms. The minimum Gasteiger partial charge on any atom is -0.497 e. The molecule has 0 bridgehead atoms. The number of hydrogen-bond donors (Lipinski definition) is 1. The molecule has 3 nitrogen and oxygen atoms in total. The fraction of sp³-hybridized carbons (Fsp3) is 0.238. The molecule has 1 unspecified atom stereocenters. The lowest BCUT2D eigenvalue weighted by Crippen LogP contribution is -2.09. The molecule has 3 aromatic carbocycles. The van der Waals surface area contributed by atoms with Crippen LogP contribution in [0.2, 0.25) is 0 Å². The van der Waals surface area contributed by atoms with E-state index in [0.29, 0.717) is 5.92 Å². The minimum atomic E-state index is 0.415. The second-order valence-corrected chi connectivity index (χ2v) is 5.98. The molecule has 0 saturated carbocycles. The van der Waals surface area contributed by atoms with Crippen LogP contribution in [0.4, 0.5) is 5.69 Å². The Hall–Kier alpha value is -2.68. The smallest absolute Gasteiger partial charge is 0.119 e. The van der Waals surface area contributed by atoms with Gasteiger partial charge < -0.3 is 14.8 Å². The largest absolute Gasteiger partial charge is 0.497 e. The van der Waals surface area contributed by atoms with E-state index < -0.39 is 0 Å². The fourth-order valence-electron chi connectivity index (χ4n) is 2.77. The Labute approximate surface area is 143 Å². The lowest BCUT2D eigenvalue weighted by molar-refractivity contribution is 0.415. The molecular weight excluding hydrogens is 298 g/mol. The Morgan fingerprint density at radius 3 is 2.12 bits per heavy atom. The summed E-state index contributed by atoms with van der Waals surface area (Å²) in [7, 11) is 3.38. The van der Waals surface area contributed by atoms with E-state index in [4.69, 9.17) is 9.47 Å². The van der Waals surface area contributed by atoms with Crippen molar-refractivity contribution in [1.82, 2.24) is 0 Å². The van der Waals surface area contributed by atoms with Crippen LogP contribution in [0.1, 0.15) is 18.4 Å². The van der Waals surface area contributed by atoms with Gasteiger partial charge in [-0.1, -0.05) is 31.2 Å². The predicted molar refractivity (Wildman–Crippen MR) is 100 cm³/mol. The average Bonchev–Trinajstić information content (AvgIpc) is 2.65. The highest BCUT2D eigenvalue weighted by Gasteiger charge is 2.07. The van der Waals surface area contributed by atoms with Crippen LogP contribution >= 0.6 is 0 Å². The summed E-state index contributed by atoms with van der Waals surface area (Å²) in [6.45, 7) is 3.12. The van der Waals surface area contributed by atoms with E-state index in [2.05, 4.69) is 42.6 Å². The summed E-state index contributed by atoms with van der Waals surface area (Å²) in [5, 5.41) is 5.93. The van der Waals surface area contributed by atoms with Crippen LogP contribution in [-0.2, 0) is 0 Å². The molecular formula is C21H23NO2. The Bertz CT molecular complexity index is 812. The van der Waals surface area contributed by atoms with Crippen LogP contribution in [-0.4, -0.2) is 20.8 Å². The van der Waals surface area contributed by atoms with Gasteiger partial charge in [-0.25, -0.2) is 0 Å². The lowest BCUT2D eigenvalue weighted by Gasteiger charge is -2.15. The third-order valence-corrected chi connectivity index (χ3v) is 4.34. The summed E-state index contributed by atoms with van der Waals surface area (Å²) in [4.78, 5) is 0. The van der Waals surface area contributed by atoms with E-state index >= 15 is 0 Å². The molecule has 0 radical (unpaired) electrons. The highest BCUT2D eigenvalue weighted by Crippen LogP contribution is 2.25. The van der Waals surface area contributed by atoms with Crippen molar-refractivity contribution >= 4 is 16.5 Å². The summed E-state index contributed by atoms with van der Waals surface area (Å²) in [6.07, 6.45) is 0. The van der Waals surface area contributed by atoms with E-state index in [1.807, 2.05) is 30.3 Å². The Kier molecular flexibility index (Phi) is 4.90. The Balaban J connectivity index is 1.69. The molecule has 0 saturated heterocycles. The number of ether oxygens (including phenoxy) is 2. The second kappa shape index (κ2) is 7.26. The highest BCUT2D eigenvalue weighted by molar-refractivity contribution is 5.84. The van der Waals surface area contributed by atoms with Gasteiger partial charge in [-0.3, -0.25) is 0 Å². The van der Waals surface area contributed by atoms with Crippen molar-refractivity contribution in [3.8, 4) is 11.5 Å². The second-order valence-electron chi connectivity index (χ2n) is 5.98. The number of nitrogens with one attached hydrogen (secondary N) is 1. The van der Waals surface area contributed by atoms with Gasteiger partial charge in [-0.2, -0.15) is 0 Å². The van der Waals surface area contributed by atoms with Gasteiger partial charge in [0.05, 0.1) is 14.2 Å². The molecule has 3 heteroatoms. The molecule has 124 valence electrons.